The molecule has 1 atom stereocenters. The van der Waals surface area contributed by atoms with Gasteiger partial charge in [0.1, 0.15) is 23.2 Å². The molecular weight excluding hydrogens is 388 g/mol. The van der Waals surface area contributed by atoms with Gasteiger partial charge >= 0.3 is 0 Å². The monoisotopic (exact) mass is 404 g/mol. The first-order valence-electron chi connectivity index (χ1n) is 7.98. The summed E-state index contributed by atoms with van der Waals surface area (Å²) in [4.78, 5) is 26.0. The summed E-state index contributed by atoms with van der Waals surface area (Å²) < 4.78 is 6.30. The van der Waals surface area contributed by atoms with Gasteiger partial charge in [-0.3, -0.25) is 9.59 Å². The number of hydrogen-bond donors (Lipinski definition) is 2. The largest absolute Gasteiger partial charge is 0.495 e. The lowest BCUT2D eigenvalue weighted by Gasteiger charge is -2.17. The zero-order valence-corrected chi connectivity index (χ0v) is 16.2. The van der Waals surface area contributed by atoms with Crippen LogP contribution in [0.4, 0.5) is 11.4 Å². The van der Waals surface area contributed by atoms with Gasteiger partial charge in [0.05, 0.1) is 17.7 Å². The molecule has 0 radical (unpaired) electrons. The predicted octanol–water partition coefficient (Wildman–Crippen LogP) is 3.42. The van der Waals surface area contributed by atoms with E-state index in [1.54, 1.807) is 25.1 Å². The summed E-state index contributed by atoms with van der Waals surface area (Å²) in [5, 5.41) is 9.37. The molecule has 0 saturated heterocycles. The van der Waals surface area contributed by atoms with Crippen LogP contribution in [0.1, 0.15) is 13.0 Å². The second kappa shape index (κ2) is 7.81. The molecule has 3 aromatic rings. The van der Waals surface area contributed by atoms with Crippen LogP contribution in [0.3, 0.4) is 0 Å². The van der Waals surface area contributed by atoms with Crippen molar-refractivity contribution in [2.24, 2.45) is 0 Å². The van der Waals surface area contributed by atoms with E-state index >= 15 is 0 Å². The second-order valence-corrected chi connectivity index (χ2v) is 7.11. The Morgan fingerprint density at radius 2 is 2.15 bits per heavy atom. The molecule has 9 heteroatoms. The van der Waals surface area contributed by atoms with Crippen molar-refractivity contribution < 1.29 is 9.53 Å². The normalized spacial score (nSPS) is 11.8. The van der Waals surface area contributed by atoms with Crippen molar-refractivity contribution in [2.45, 2.75) is 13.0 Å². The van der Waals surface area contributed by atoms with Crippen molar-refractivity contribution in [3.8, 4) is 16.3 Å². The number of methoxy groups -OCH3 is 1. The Labute approximate surface area is 164 Å². The van der Waals surface area contributed by atoms with Crippen molar-refractivity contribution in [1.82, 2.24) is 9.78 Å². The molecule has 2 heterocycles. The number of nitrogen functional groups attached to an aromatic ring is 1. The molecule has 0 fully saturated rings. The van der Waals surface area contributed by atoms with Crippen LogP contribution in [0, 0.1) is 0 Å². The molecule has 2 aromatic heterocycles. The quantitative estimate of drug-likeness (QED) is 0.678. The standard InChI is InChI=1S/C18H17ClN4O3S/c1-10(17(24)21-13-8-11(19)5-6-15(13)26-2)23-18(25)12(20)9-14(22-23)16-4-3-7-27-16/h3-10H,20H2,1-2H3,(H,21,24)/t10-/m1/s1. The van der Waals surface area contributed by atoms with Crippen molar-refractivity contribution in [3.05, 3.63) is 57.2 Å². The van der Waals surface area contributed by atoms with Gasteiger partial charge in [-0.15, -0.1) is 11.3 Å². The van der Waals surface area contributed by atoms with Gasteiger partial charge in [-0.1, -0.05) is 17.7 Å². The zero-order chi connectivity index (χ0) is 19.6. The smallest absolute Gasteiger partial charge is 0.290 e. The number of carbonyl (C=O) groups is 1. The number of nitrogens with one attached hydrogen (secondary N) is 1. The second-order valence-electron chi connectivity index (χ2n) is 5.72. The molecule has 0 saturated carbocycles. The maximum Gasteiger partial charge on any atom is 0.290 e. The van der Waals surface area contributed by atoms with E-state index in [0.717, 1.165) is 9.56 Å². The van der Waals surface area contributed by atoms with Crippen LogP contribution in [-0.4, -0.2) is 22.8 Å². The van der Waals surface area contributed by atoms with E-state index in [1.807, 2.05) is 17.5 Å². The van der Waals surface area contributed by atoms with Crippen LogP contribution in [-0.2, 0) is 4.79 Å². The molecule has 0 aliphatic heterocycles. The summed E-state index contributed by atoms with van der Waals surface area (Å²) in [6.07, 6.45) is 0. The fourth-order valence-electron chi connectivity index (χ4n) is 2.46. The molecule has 0 aliphatic carbocycles. The molecule has 27 heavy (non-hydrogen) atoms. The van der Waals surface area contributed by atoms with Gasteiger partial charge in [0.2, 0.25) is 5.91 Å². The number of nitrogens with two attached hydrogens (primary N) is 1. The molecule has 3 N–H and O–H groups in total. The molecule has 0 bridgehead atoms. The number of thiophene rings is 1. The lowest BCUT2D eigenvalue weighted by Crippen LogP contribution is -2.34. The minimum atomic E-state index is -0.900. The average Bonchev–Trinajstić information content (AvgIpc) is 3.18. The molecule has 140 valence electrons. The number of aromatic nitrogens is 2. The first-order chi connectivity index (χ1) is 12.9. The van der Waals surface area contributed by atoms with Gasteiger partial charge in [-0.2, -0.15) is 5.10 Å². The van der Waals surface area contributed by atoms with Gasteiger partial charge in [-0.05, 0) is 42.6 Å². The van der Waals surface area contributed by atoms with Gasteiger partial charge in [0.15, 0.2) is 0 Å². The highest BCUT2D eigenvalue weighted by molar-refractivity contribution is 7.13. The molecule has 0 spiro atoms. The van der Waals surface area contributed by atoms with Crippen molar-refractivity contribution in [1.29, 1.82) is 0 Å². The Kier molecular flexibility index (Phi) is 5.48. The number of nitrogens with zero attached hydrogens (tertiary/aromatic N) is 2. The van der Waals surface area contributed by atoms with Crippen LogP contribution in [0.15, 0.2) is 46.6 Å². The summed E-state index contributed by atoms with van der Waals surface area (Å²) >= 11 is 7.45. The maximum absolute atomic E-state index is 12.7. The van der Waals surface area contributed by atoms with Crippen LogP contribution in [0.2, 0.25) is 5.02 Å². The summed E-state index contributed by atoms with van der Waals surface area (Å²) in [7, 11) is 1.49. The molecule has 0 unspecified atom stereocenters. The summed E-state index contributed by atoms with van der Waals surface area (Å²) in [6, 6.07) is 9.20. The first kappa shape index (κ1) is 18.9. The zero-order valence-electron chi connectivity index (χ0n) is 14.6. The van der Waals surface area contributed by atoms with Crippen LogP contribution in [0.5, 0.6) is 5.75 Å². The number of halogens is 1. The number of benzene rings is 1. The third-order valence-corrected chi connectivity index (χ3v) is 5.03. The van der Waals surface area contributed by atoms with Gasteiger partial charge in [-0.25, -0.2) is 4.68 Å². The number of carbonyl (C=O) groups excluding carboxylic acids is 1. The summed E-state index contributed by atoms with van der Waals surface area (Å²) in [5.41, 5.74) is 6.27. The van der Waals surface area contributed by atoms with E-state index in [1.165, 1.54) is 24.5 Å². The number of amides is 1. The van der Waals surface area contributed by atoms with Gasteiger partial charge < -0.3 is 15.8 Å². The Morgan fingerprint density at radius 1 is 1.37 bits per heavy atom. The van der Waals surface area contributed by atoms with Crippen molar-refractivity contribution in [3.63, 3.8) is 0 Å². The predicted molar refractivity (Wildman–Crippen MR) is 108 cm³/mol. The van der Waals surface area contributed by atoms with E-state index in [-0.39, 0.29) is 5.69 Å². The van der Waals surface area contributed by atoms with Crippen LogP contribution in [0.25, 0.3) is 10.6 Å². The molecule has 1 amide bonds. The maximum atomic E-state index is 12.7. The first-order valence-corrected chi connectivity index (χ1v) is 9.24. The summed E-state index contributed by atoms with van der Waals surface area (Å²) in [5.74, 6) is 0.00000235. The Morgan fingerprint density at radius 3 is 2.81 bits per heavy atom. The topological polar surface area (TPSA) is 99.2 Å². The summed E-state index contributed by atoms with van der Waals surface area (Å²) in [6.45, 7) is 1.57. The Bertz CT molecular complexity index is 1030. The lowest BCUT2D eigenvalue weighted by atomic mass is 10.2. The van der Waals surface area contributed by atoms with E-state index in [4.69, 9.17) is 22.1 Å². The van der Waals surface area contributed by atoms with Gasteiger partial charge in [0.25, 0.3) is 5.56 Å². The third-order valence-electron chi connectivity index (χ3n) is 3.90. The van der Waals surface area contributed by atoms with E-state index in [9.17, 15) is 9.59 Å². The molecular formula is C18H17ClN4O3S. The van der Waals surface area contributed by atoms with E-state index in [0.29, 0.717) is 22.2 Å². The van der Waals surface area contributed by atoms with E-state index < -0.39 is 17.5 Å². The number of rotatable bonds is 5. The number of hydrogen-bond acceptors (Lipinski definition) is 6. The fourth-order valence-corrected chi connectivity index (χ4v) is 3.32. The van der Waals surface area contributed by atoms with E-state index in [2.05, 4.69) is 10.4 Å². The average molecular weight is 405 g/mol. The minimum Gasteiger partial charge on any atom is -0.495 e. The molecule has 0 aliphatic rings. The third kappa shape index (κ3) is 3.96. The minimum absolute atomic E-state index is 0.0217. The lowest BCUT2D eigenvalue weighted by molar-refractivity contribution is -0.119. The van der Waals surface area contributed by atoms with Crippen molar-refractivity contribution >= 4 is 40.2 Å². The molecule has 3 rings (SSSR count). The highest BCUT2D eigenvalue weighted by Crippen LogP contribution is 2.28. The Balaban J connectivity index is 1.94. The van der Waals surface area contributed by atoms with Crippen LogP contribution < -0.4 is 21.3 Å². The highest BCUT2D eigenvalue weighted by Gasteiger charge is 2.21. The highest BCUT2D eigenvalue weighted by atomic mass is 35.5. The SMILES string of the molecule is COc1ccc(Cl)cc1NC(=O)[C@@H](C)n1nc(-c2cccs2)cc(N)c1=O. The number of anilines is 2. The number of ether oxygens (including phenoxy) is 1. The van der Waals surface area contributed by atoms with Crippen molar-refractivity contribution in [2.75, 3.05) is 18.2 Å². The Hall–Kier alpha value is -2.84. The van der Waals surface area contributed by atoms with Crippen LogP contribution >= 0.6 is 22.9 Å². The molecule has 7 nitrogen and oxygen atoms in total. The fraction of sp³-hybridized carbons (Fsp3) is 0.167. The molecule has 1 aromatic carbocycles. The van der Waals surface area contributed by atoms with Gasteiger partial charge in [0, 0.05) is 5.02 Å².